The number of likely N-dealkylation sites (N-methyl/N-ethyl adjacent to an activating group) is 1. The molecule has 0 N–H and O–H groups in total. The highest BCUT2D eigenvalue weighted by Crippen LogP contribution is 2.15. The molecule has 1 aromatic heterocycles. The van der Waals surface area contributed by atoms with Crippen LogP contribution in [0.15, 0.2) is 63.8 Å². The van der Waals surface area contributed by atoms with Crippen LogP contribution in [0, 0.1) is 6.92 Å². The van der Waals surface area contributed by atoms with Crippen LogP contribution < -0.4 is 5.43 Å². The van der Waals surface area contributed by atoms with E-state index in [1.54, 1.807) is 23.1 Å². The summed E-state index contributed by atoms with van der Waals surface area (Å²) in [6.07, 6.45) is 0. The molecule has 3 aromatic rings. The van der Waals surface area contributed by atoms with Crippen LogP contribution in [0.25, 0.3) is 11.0 Å². The molecular weight excluding hydrogens is 358 g/mol. The smallest absolute Gasteiger partial charge is 0.374 e. The second-order valence-corrected chi connectivity index (χ2v) is 6.44. The van der Waals surface area contributed by atoms with Gasteiger partial charge >= 0.3 is 5.97 Å². The van der Waals surface area contributed by atoms with E-state index in [1.165, 1.54) is 0 Å². The average molecular weight is 379 g/mol. The molecule has 1 amide bonds. The highest BCUT2D eigenvalue weighted by Gasteiger charge is 2.18. The number of amides is 1. The fourth-order valence-electron chi connectivity index (χ4n) is 2.84. The van der Waals surface area contributed by atoms with Crippen LogP contribution >= 0.6 is 0 Å². The molecule has 0 saturated heterocycles. The Morgan fingerprint density at radius 2 is 1.82 bits per heavy atom. The zero-order valence-electron chi connectivity index (χ0n) is 15.8. The summed E-state index contributed by atoms with van der Waals surface area (Å²) in [4.78, 5) is 38.4. The lowest BCUT2D eigenvalue weighted by atomic mass is 10.1. The van der Waals surface area contributed by atoms with E-state index in [9.17, 15) is 14.4 Å². The van der Waals surface area contributed by atoms with Gasteiger partial charge in [0.15, 0.2) is 12.0 Å². The number of nitrogens with zero attached hydrogens (tertiary/aromatic N) is 1. The van der Waals surface area contributed by atoms with Crippen molar-refractivity contribution < 1.29 is 18.7 Å². The van der Waals surface area contributed by atoms with Crippen molar-refractivity contribution in [2.75, 3.05) is 13.2 Å². The zero-order valence-corrected chi connectivity index (χ0v) is 15.8. The fraction of sp³-hybridized carbons (Fsp3) is 0.227. The number of esters is 1. The summed E-state index contributed by atoms with van der Waals surface area (Å²) in [6, 6.07) is 15.8. The molecule has 0 atom stereocenters. The number of rotatable bonds is 6. The molecule has 0 spiro atoms. The molecule has 0 bridgehead atoms. The normalized spacial score (nSPS) is 10.6. The van der Waals surface area contributed by atoms with Crippen LogP contribution in [0.4, 0.5) is 0 Å². The Morgan fingerprint density at radius 3 is 2.54 bits per heavy atom. The SMILES string of the molecule is CCN(Cc1ccccc1)C(=O)COC(=O)c1cc(=O)c2cc(C)ccc2o1. The van der Waals surface area contributed by atoms with Crippen LogP contribution in [-0.4, -0.2) is 29.9 Å². The van der Waals surface area contributed by atoms with E-state index < -0.39 is 12.6 Å². The summed E-state index contributed by atoms with van der Waals surface area (Å²) >= 11 is 0. The third-order valence-electron chi connectivity index (χ3n) is 4.36. The second-order valence-electron chi connectivity index (χ2n) is 6.44. The highest BCUT2D eigenvalue weighted by atomic mass is 16.5. The third-order valence-corrected chi connectivity index (χ3v) is 4.36. The maximum absolute atomic E-state index is 12.4. The summed E-state index contributed by atoms with van der Waals surface area (Å²) in [6.45, 7) is 4.21. The molecule has 6 heteroatoms. The molecule has 144 valence electrons. The average Bonchev–Trinajstić information content (AvgIpc) is 2.71. The van der Waals surface area contributed by atoms with Crippen molar-refractivity contribution in [2.24, 2.45) is 0 Å². The number of hydrogen-bond donors (Lipinski definition) is 0. The monoisotopic (exact) mass is 379 g/mol. The maximum Gasteiger partial charge on any atom is 0.374 e. The van der Waals surface area contributed by atoms with Gasteiger partial charge in [0.2, 0.25) is 5.76 Å². The van der Waals surface area contributed by atoms with E-state index in [0.717, 1.165) is 17.2 Å². The molecule has 3 rings (SSSR count). The van der Waals surface area contributed by atoms with Gasteiger partial charge in [0.25, 0.3) is 5.91 Å². The lowest BCUT2D eigenvalue weighted by Gasteiger charge is -2.20. The van der Waals surface area contributed by atoms with Gasteiger partial charge in [-0.1, -0.05) is 42.0 Å². The van der Waals surface area contributed by atoms with E-state index in [0.29, 0.717) is 24.1 Å². The Labute approximate surface area is 162 Å². The van der Waals surface area contributed by atoms with E-state index in [2.05, 4.69) is 0 Å². The predicted molar refractivity (Wildman–Crippen MR) is 105 cm³/mol. The van der Waals surface area contributed by atoms with E-state index in [1.807, 2.05) is 44.2 Å². The van der Waals surface area contributed by atoms with Crippen molar-refractivity contribution in [3.63, 3.8) is 0 Å². The quantitative estimate of drug-likeness (QED) is 0.614. The van der Waals surface area contributed by atoms with Gasteiger partial charge in [0.05, 0.1) is 5.39 Å². The molecule has 0 aliphatic rings. The van der Waals surface area contributed by atoms with Crippen LogP contribution in [0.3, 0.4) is 0 Å². The first-order valence-corrected chi connectivity index (χ1v) is 9.01. The van der Waals surface area contributed by atoms with Crippen LogP contribution in [0.5, 0.6) is 0 Å². The van der Waals surface area contributed by atoms with Crippen molar-refractivity contribution in [1.29, 1.82) is 0 Å². The topological polar surface area (TPSA) is 76.8 Å². The summed E-state index contributed by atoms with van der Waals surface area (Å²) < 4.78 is 10.5. The first-order valence-electron chi connectivity index (χ1n) is 9.01. The molecule has 6 nitrogen and oxygen atoms in total. The lowest BCUT2D eigenvalue weighted by Crippen LogP contribution is -2.34. The first-order chi connectivity index (χ1) is 13.5. The maximum atomic E-state index is 12.4. The number of carbonyl (C=O) groups excluding carboxylic acids is 2. The number of hydrogen-bond acceptors (Lipinski definition) is 5. The van der Waals surface area contributed by atoms with Crippen molar-refractivity contribution >= 4 is 22.8 Å². The first kappa shape index (κ1) is 19.4. The minimum atomic E-state index is -0.844. The number of aryl methyl sites for hydroxylation is 1. The summed E-state index contributed by atoms with van der Waals surface area (Å²) in [5, 5.41) is 0.396. The van der Waals surface area contributed by atoms with E-state index in [-0.39, 0.29) is 17.1 Å². The summed E-state index contributed by atoms with van der Waals surface area (Å²) in [5.74, 6) is -1.39. The van der Waals surface area contributed by atoms with Crippen LogP contribution in [0.2, 0.25) is 0 Å². The third kappa shape index (κ3) is 4.46. The van der Waals surface area contributed by atoms with E-state index in [4.69, 9.17) is 9.15 Å². The Bertz CT molecular complexity index is 1060. The molecule has 0 unspecified atom stereocenters. The molecular formula is C22H21NO5. The van der Waals surface area contributed by atoms with E-state index >= 15 is 0 Å². The summed E-state index contributed by atoms with van der Waals surface area (Å²) in [7, 11) is 0. The fourth-order valence-corrected chi connectivity index (χ4v) is 2.84. The largest absolute Gasteiger partial charge is 0.450 e. The summed E-state index contributed by atoms with van der Waals surface area (Å²) in [5.41, 5.74) is 1.87. The Hall–Kier alpha value is -3.41. The second kappa shape index (κ2) is 8.52. The van der Waals surface area contributed by atoms with Gasteiger partial charge in [-0.25, -0.2) is 4.79 Å². The minimum absolute atomic E-state index is 0.222. The van der Waals surface area contributed by atoms with Gasteiger partial charge in [0, 0.05) is 19.2 Å². The van der Waals surface area contributed by atoms with Crippen molar-refractivity contribution in [3.05, 3.63) is 81.7 Å². The predicted octanol–water partition coefficient (Wildman–Crippen LogP) is 3.31. The van der Waals surface area contributed by atoms with Crippen molar-refractivity contribution in [2.45, 2.75) is 20.4 Å². The molecule has 0 radical (unpaired) electrons. The standard InChI is InChI=1S/C22H21NO5/c1-3-23(13-16-7-5-4-6-8-16)21(25)14-27-22(26)20-12-18(24)17-11-15(2)9-10-19(17)28-20/h4-12H,3,13-14H2,1-2H3. The highest BCUT2D eigenvalue weighted by molar-refractivity contribution is 5.90. The zero-order chi connectivity index (χ0) is 20.1. The molecule has 0 aliphatic carbocycles. The Kier molecular flexibility index (Phi) is 5.89. The van der Waals surface area contributed by atoms with Gasteiger partial charge in [0.1, 0.15) is 5.58 Å². The molecule has 0 saturated carbocycles. The number of carbonyl (C=O) groups is 2. The number of ether oxygens (including phenoxy) is 1. The molecule has 2 aromatic carbocycles. The van der Waals surface area contributed by atoms with Crippen LogP contribution in [-0.2, 0) is 16.1 Å². The number of benzene rings is 2. The van der Waals surface area contributed by atoms with Crippen molar-refractivity contribution in [3.8, 4) is 0 Å². The molecule has 28 heavy (non-hydrogen) atoms. The van der Waals surface area contributed by atoms with Gasteiger partial charge in [-0.05, 0) is 31.5 Å². The molecule has 1 heterocycles. The lowest BCUT2D eigenvalue weighted by molar-refractivity contribution is -0.135. The van der Waals surface area contributed by atoms with Gasteiger partial charge in [-0.3, -0.25) is 9.59 Å². The molecule has 0 aliphatic heterocycles. The van der Waals surface area contributed by atoms with Crippen molar-refractivity contribution in [1.82, 2.24) is 4.90 Å². The minimum Gasteiger partial charge on any atom is -0.450 e. The van der Waals surface area contributed by atoms with Gasteiger partial charge in [-0.15, -0.1) is 0 Å². The number of fused-ring (bicyclic) bond motifs is 1. The van der Waals surface area contributed by atoms with Gasteiger partial charge in [-0.2, -0.15) is 0 Å². The Balaban J connectivity index is 1.67. The van der Waals surface area contributed by atoms with Crippen LogP contribution in [0.1, 0.15) is 28.6 Å². The Morgan fingerprint density at radius 1 is 1.07 bits per heavy atom. The van der Waals surface area contributed by atoms with Gasteiger partial charge < -0.3 is 14.1 Å². The molecule has 0 fully saturated rings.